The number of carbonyl (C=O) groups is 1. The molecule has 0 aliphatic carbocycles. The predicted molar refractivity (Wildman–Crippen MR) is 119 cm³/mol. The minimum absolute atomic E-state index is 0.0736. The SMILES string of the molecule is C[C@@H](NC(=O)C1(CCN)CCN(c2ncnc3[nH]ccc23)CC1)c1ccc(Cl)cc1. The number of nitrogens with one attached hydrogen (secondary N) is 2. The highest BCUT2D eigenvalue weighted by Crippen LogP contribution is 2.38. The fourth-order valence-corrected chi connectivity index (χ4v) is 4.43. The standard InChI is InChI=1S/C22H27ClN6O/c1-15(16-2-4-17(23)5-3-16)28-21(30)22(7-10-24)8-12-29(13-9-22)20-18-6-11-25-19(18)26-14-27-20/h2-6,11,14-15H,7-10,12-13,24H2,1H3,(H,28,30)(H,25,26,27)/t15-/m1/s1. The third kappa shape index (κ3) is 4.00. The number of halogens is 1. The number of hydrogen-bond donors (Lipinski definition) is 3. The van der Waals surface area contributed by atoms with Crippen LogP contribution in [0.2, 0.25) is 5.02 Å². The molecule has 1 aliphatic rings. The maximum atomic E-state index is 13.3. The van der Waals surface area contributed by atoms with E-state index in [4.69, 9.17) is 17.3 Å². The molecule has 1 fully saturated rings. The lowest BCUT2D eigenvalue weighted by molar-refractivity contribution is -0.133. The Morgan fingerprint density at radius 1 is 1.27 bits per heavy atom. The van der Waals surface area contributed by atoms with Crippen molar-refractivity contribution in [1.82, 2.24) is 20.3 Å². The second kappa shape index (κ2) is 8.62. The third-order valence-electron chi connectivity index (χ3n) is 6.18. The van der Waals surface area contributed by atoms with E-state index < -0.39 is 5.41 Å². The van der Waals surface area contributed by atoms with Crippen molar-refractivity contribution in [3.05, 3.63) is 53.4 Å². The van der Waals surface area contributed by atoms with Crippen molar-refractivity contribution in [3.63, 3.8) is 0 Å². The zero-order chi connectivity index (χ0) is 21.1. The summed E-state index contributed by atoms with van der Waals surface area (Å²) in [7, 11) is 0. The number of hydrogen-bond acceptors (Lipinski definition) is 5. The highest BCUT2D eigenvalue weighted by atomic mass is 35.5. The minimum Gasteiger partial charge on any atom is -0.356 e. The summed E-state index contributed by atoms with van der Waals surface area (Å²) in [6.45, 7) is 3.98. The molecule has 0 radical (unpaired) electrons. The fourth-order valence-electron chi connectivity index (χ4n) is 4.31. The van der Waals surface area contributed by atoms with E-state index in [9.17, 15) is 4.79 Å². The lowest BCUT2D eigenvalue weighted by Crippen LogP contribution is -2.50. The number of H-pyrrole nitrogens is 1. The molecular weight excluding hydrogens is 400 g/mol. The lowest BCUT2D eigenvalue weighted by atomic mass is 9.74. The van der Waals surface area contributed by atoms with E-state index in [1.807, 2.05) is 43.5 Å². The quantitative estimate of drug-likeness (QED) is 0.560. The van der Waals surface area contributed by atoms with Gasteiger partial charge in [0.05, 0.1) is 16.8 Å². The van der Waals surface area contributed by atoms with Gasteiger partial charge in [-0.3, -0.25) is 4.79 Å². The van der Waals surface area contributed by atoms with Crippen LogP contribution in [0.15, 0.2) is 42.9 Å². The molecule has 0 bridgehead atoms. The van der Waals surface area contributed by atoms with E-state index in [1.54, 1.807) is 6.33 Å². The predicted octanol–water partition coefficient (Wildman–Crippen LogP) is 3.42. The molecule has 1 aromatic carbocycles. The first-order chi connectivity index (χ1) is 14.5. The molecule has 158 valence electrons. The van der Waals surface area contributed by atoms with Gasteiger partial charge in [-0.1, -0.05) is 23.7 Å². The molecule has 3 aromatic rings. The van der Waals surface area contributed by atoms with Crippen molar-refractivity contribution < 1.29 is 4.79 Å². The van der Waals surface area contributed by atoms with Crippen LogP contribution in [0, 0.1) is 5.41 Å². The van der Waals surface area contributed by atoms with Gasteiger partial charge in [0, 0.05) is 24.3 Å². The summed E-state index contributed by atoms with van der Waals surface area (Å²) in [6, 6.07) is 9.48. The van der Waals surface area contributed by atoms with Crippen LogP contribution >= 0.6 is 11.6 Å². The molecule has 7 nitrogen and oxygen atoms in total. The molecule has 0 saturated carbocycles. The molecule has 0 spiro atoms. The van der Waals surface area contributed by atoms with Gasteiger partial charge in [-0.15, -0.1) is 0 Å². The highest BCUT2D eigenvalue weighted by molar-refractivity contribution is 6.30. The number of aromatic nitrogens is 3. The molecule has 8 heteroatoms. The molecule has 1 atom stereocenters. The topological polar surface area (TPSA) is 99.9 Å². The number of piperidine rings is 1. The van der Waals surface area contributed by atoms with Crippen LogP contribution in [0.5, 0.6) is 0 Å². The maximum Gasteiger partial charge on any atom is 0.226 e. The third-order valence-corrected chi connectivity index (χ3v) is 6.43. The van der Waals surface area contributed by atoms with Gasteiger partial charge in [0.15, 0.2) is 0 Å². The number of nitrogens with zero attached hydrogens (tertiary/aromatic N) is 3. The van der Waals surface area contributed by atoms with Crippen LogP contribution in [0.1, 0.15) is 37.8 Å². The Morgan fingerprint density at radius 3 is 2.70 bits per heavy atom. The fraction of sp³-hybridized carbons (Fsp3) is 0.409. The Bertz CT molecular complexity index is 1010. The molecule has 4 rings (SSSR count). The number of rotatable bonds is 6. The first kappa shape index (κ1) is 20.6. The minimum atomic E-state index is -0.462. The molecule has 4 N–H and O–H groups in total. The van der Waals surface area contributed by atoms with E-state index in [0.717, 1.165) is 48.3 Å². The van der Waals surface area contributed by atoms with Crippen LogP contribution < -0.4 is 16.0 Å². The number of fused-ring (bicyclic) bond motifs is 1. The van der Waals surface area contributed by atoms with Gasteiger partial charge in [-0.25, -0.2) is 9.97 Å². The summed E-state index contributed by atoms with van der Waals surface area (Å²) < 4.78 is 0. The van der Waals surface area contributed by atoms with Crippen LogP contribution in [0.4, 0.5) is 5.82 Å². The van der Waals surface area contributed by atoms with Crippen LogP contribution in [0.3, 0.4) is 0 Å². The highest BCUT2D eigenvalue weighted by Gasteiger charge is 2.41. The Balaban J connectivity index is 1.47. The summed E-state index contributed by atoms with van der Waals surface area (Å²) in [4.78, 5) is 27.5. The Kier molecular flexibility index (Phi) is 5.92. The largest absolute Gasteiger partial charge is 0.356 e. The van der Waals surface area contributed by atoms with Gasteiger partial charge >= 0.3 is 0 Å². The molecule has 1 amide bonds. The van der Waals surface area contributed by atoms with Gasteiger partial charge < -0.3 is 20.9 Å². The van der Waals surface area contributed by atoms with E-state index in [1.165, 1.54) is 0 Å². The Labute approximate surface area is 181 Å². The second-order valence-electron chi connectivity index (χ2n) is 7.99. The van der Waals surface area contributed by atoms with Crippen LogP contribution in [0.25, 0.3) is 11.0 Å². The average Bonchev–Trinajstić information content (AvgIpc) is 3.24. The van der Waals surface area contributed by atoms with Crippen LogP contribution in [-0.2, 0) is 4.79 Å². The normalized spacial score (nSPS) is 17.1. The molecule has 3 heterocycles. The number of benzene rings is 1. The number of amides is 1. The number of nitrogens with two attached hydrogens (primary N) is 1. The smallest absolute Gasteiger partial charge is 0.226 e. The number of anilines is 1. The number of aromatic amines is 1. The summed E-state index contributed by atoms with van der Waals surface area (Å²) in [5, 5.41) is 4.89. The van der Waals surface area contributed by atoms with Crippen molar-refractivity contribution >= 4 is 34.4 Å². The zero-order valence-corrected chi connectivity index (χ0v) is 17.8. The van der Waals surface area contributed by atoms with E-state index in [2.05, 4.69) is 25.2 Å². The zero-order valence-electron chi connectivity index (χ0n) is 17.1. The Hall–Kier alpha value is -2.64. The summed E-state index contributed by atoms with van der Waals surface area (Å²) in [5.41, 5.74) is 7.31. The van der Waals surface area contributed by atoms with E-state index in [-0.39, 0.29) is 11.9 Å². The molecule has 0 unspecified atom stereocenters. The Morgan fingerprint density at radius 2 is 2.00 bits per heavy atom. The van der Waals surface area contributed by atoms with Crippen molar-refractivity contribution in [2.24, 2.45) is 11.1 Å². The van der Waals surface area contributed by atoms with Gasteiger partial charge in [0.2, 0.25) is 5.91 Å². The van der Waals surface area contributed by atoms with E-state index >= 15 is 0 Å². The maximum absolute atomic E-state index is 13.3. The molecule has 1 aliphatic heterocycles. The molecule has 30 heavy (non-hydrogen) atoms. The van der Waals surface area contributed by atoms with Gasteiger partial charge in [-0.05, 0) is 56.5 Å². The second-order valence-corrected chi connectivity index (χ2v) is 8.43. The van der Waals surface area contributed by atoms with Crippen molar-refractivity contribution in [3.8, 4) is 0 Å². The van der Waals surface area contributed by atoms with Crippen molar-refractivity contribution in [2.45, 2.75) is 32.2 Å². The monoisotopic (exact) mass is 426 g/mol. The summed E-state index contributed by atoms with van der Waals surface area (Å²) >= 11 is 5.98. The number of carbonyl (C=O) groups excluding carboxylic acids is 1. The van der Waals surface area contributed by atoms with E-state index in [0.29, 0.717) is 18.0 Å². The van der Waals surface area contributed by atoms with Crippen LogP contribution in [-0.4, -0.2) is 40.5 Å². The lowest BCUT2D eigenvalue weighted by Gasteiger charge is -2.41. The first-order valence-corrected chi connectivity index (χ1v) is 10.7. The van der Waals surface area contributed by atoms with Crippen molar-refractivity contribution in [1.29, 1.82) is 0 Å². The summed E-state index contributed by atoms with van der Waals surface area (Å²) in [5.74, 6) is 0.988. The summed E-state index contributed by atoms with van der Waals surface area (Å²) in [6.07, 6.45) is 5.59. The van der Waals surface area contributed by atoms with Gasteiger partial charge in [-0.2, -0.15) is 0 Å². The average molecular weight is 427 g/mol. The molecule has 2 aromatic heterocycles. The first-order valence-electron chi connectivity index (χ1n) is 10.3. The molecule has 1 saturated heterocycles. The molecular formula is C22H27ClN6O. The van der Waals surface area contributed by atoms with Crippen molar-refractivity contribution in [2.75, 3.05) is 24.5 Å². The van der Waals surface area contributed by atoms with Gasteiger partial charge in [0.1, 0.15) is 17.8 Å². The van der Waals surface area contributed by atoms with Gasteiger partial charge in [0.25, 0.3) is 0 Å².